The van der Waals surface area contributed by atoms with E-state index < -0.39 is 0 Å². The van der Waals surface area contributed by atoms with Crippen molar-refractivity contribution < 1.29 is 14.3 Å². The fraction of sp³-hybridized carbons (Fsp3) is 0.350. The summed E-state index contributed by atoms with van der Waals surface area (Å²) in [6, 6.07) is 12.8. The molecule has 0 saturated carbocycles. The van der Waals surface area contributed by atoms with Gasteiger partial charge in [0.25, 0.3) is 5.91 Å². The van der Waals surface area contributed by atoms with Crippen molar-refractivity contribution in [3.8, 4) is 11.5 Å². The number of ether oxygens (including phenoxy) is 2. The van der Waals surface area contributed by atoms with Crippen molar-refractivity contribution in [2.75, 3.05) is 19.0 Å². The third kappa shape index (κ3) is 6.09. The molecule has 0 radical (unpaired) electrons. The number of benzene rings is 2. The molecule has 0 bridgehead atoms. The number of rotatable bonds is 9. The number of carbonyl (C=O) groups is 1. The summed E-state index contributed by atoms with van der Waals surface area (Å²) >= 11 is 3.38. The standard InChI is InChI=1S/C20H24BrNO3/c1-3-4-5-6-12-25-17-9-7-8-16(14-17)22-20(23)18-13-15(21)10-11-19(18)24-2/h7-11,13-14H,3-6,12H2,1-2H3,(H,22,23). The lowest BCUT2D eigenvalue weighted by Crippen LogP contribution is -2.13. The van der Waals surface area contributed by atoms with Crippen LogP contribution in [-0.4, -0.2) is 19.6 Å². The molecule has 0 atom stereocenters. The quantitative estimate of drug-likeness (QED) is 0.546. The molecule has 0 aliphatic carbocycles. The molecule has 0 aromatic heterocycles. The molecule has 0 fully saturated rings. The van der Waals surface area contributed by atoms with Gasteiger partial charge in [0, 0.05) is 16.2 Å². The summed E-state index contributed by atoms with van der Waals surface area (Å²) in [6.45, 7) is 2.88. The average Bonchev–Trinajstić information content (AvgIpc) is 2.62. The zero-order valence-electron chi connectivity index (χ0n) is 14.7. The highest BCUT2D eigenvalue weighted by molar-refractivity contribution is 9.10. The Morgan fingerprint density at radius 3 is 2.72 bits per heavy atom. The minimum atomic E-state index is -0.224. The summed E-state index contributed by atoms with van der Waals surface area (Å²) in [5, 5.41) is 2.89. The molecule has 4 nitrogen and oxygen atoms in total. The zero-order chi connectivity index (χ0) is 18.1. The molecule has 2 aromatic carbocycles. The van der Waals surface area contributed by atoms with Gasteiger partial charge in [-0.05, 0) is 36.8 Å². The van der Waals surface area contributed by atoms with Crippen LogP contribution in [0.25, 0.3) is 0 Å². The number of hydrogen-bond donors (Lipinski definition) is 1. The highest BCUT2D eigenvalue weighted by Gasteiger charge is 2.13. The van der Waals surface area contributed by atoms with Crippen molar-refractivity contribution in [1.82, 2.24) is 0 Å². The lowest BCUT2D eigenvalue weighted by Gasteiger charge is -2.11. The van der Waals surface area contributed by atoms with Crippen molar-refractivity contribution in [3.05, 3.63) is 52.5 Å². The summed E-state index contributed by atoms with van der Waals surface area (Å²) in [4.78, 5) is 12.5. The summed E-state index contributed by atoms with van der Waals surface area (Å²) in [6.07, 6.45) is 4.66. The van der Waals surface area contributed by atoms with Crippen LogP contribution in [0.4, 0.5) is 5.69 Å². The first kappa shape index (κ1) is 19.3. The molecule has 2 aromatic rings. The molecular formula is C20H24BrNO3. The first-order valence-corrected chi connectivity index (χ1v) is 9.31. The lowest BCUT2D eigenvalue weighted by atomic mass is 10.2. The fourth-order valence-corrected chi connectivity index (χ4v) is 2.80. The summed E-state index contributed by atoms with van der Waals surface area (Å²) < 4.78 is 11.8. The van der Waals surface area contributed by atoms with Crippen molar-refractivity contribution in [3.63, 3.8) is 0 Å². The van der Waals surface area contributed by atoms with Crippen molar-refractivity contribution in [1.29, 1.82) is 0 Å². The Hall–Kier alpha value is -2.01. The molecule has 0 heterocycles. The molecule has 5 heteroatoms. The molecule has 0 aliphatic rings. The SMILES string of the molecule is CCCCCCOc1cccc(NC(=O)c2cc(Br)ccc2OC)c1. The molecular weight excluding hydrogens is 382 g/mol. The van der Waals surface area contributed by atoms with Gasteiger partial charge in [0.15, 0.2) is 0 Å². The van der Waals surface area contributed by atoms with Gasteiger partial charge in [-0.3, -0.25) is 4.79 Å². The van der Waals surface area contributed by atoms with Gasteiger partial charge in [-0.25, -0.2) is 0 Å². The van der Waals surface area contributed by atoms with E-state index >= 15 is 0 Å². The average molecular weight is 406 g/mol. The largest absolute Gasteiger partial charge is 0.496 e. The fourth-order valence-electron chi connectivity index (χ4n) is 2.44. The lowest BCUT2D eigenvalue weighted by molar-refractivity contribution is 0.102. The number of halogens is 1. The molecule has 0 saturated heterocycles. The first-order chi connectivity index (χ1) is 12.1. The maximum Gasteiger partial charge on any atom is 0.259 e. The second-order valence-electron chi connectivity index (χ2n) is 5.74. The van der Waals surface area contributed by atoms with Crippen LogP contribution >= 0.6 is 15.9 Å². The number of anilines is 1. The van der Waals surface area contributed by atoms with E-state index in [1.54, 1.807) is 19.2 Å². The molecule has 0 aliphatic heterocycles. The predicted molar refractivity (Wildman–Crippen MR) is 105 cm³/mol. The minimum absolute atomic E-state index is 0.224. The normalized spacial score (nSPS) is 10.4. The molecule has 134 valence electrons. The smallest absolute Gasteiger partial charge is 0.259 e. The van der Waals surface area contributed by atoms with Crippen LogP contribution < -0.4 is 14.8 Å². The maximum absolute atomic E-state index is 12.5. The summed E-state index contributed by atoms with van der Waals surface area (Å²) in [5.74, 6) is 1.07. The monoisotopic (exact) mass is 405 g/mol. The number of amides is 1. The van der Waals surface area contributed by atoms with Crippen LogP contribution in [0.3, 0.4) is 0 Å². The van der Waals surface area contributed by atoms with Crippen LogP contribution in [-0.2, 0) is 0 Å². The number of carbonyl (C=O) groups excluding carboxylic acids is 1. The van der Waals surface area contributed by atoms with E-state index in [9.17, 15) is 4.79 Å². The van der Waals surface area contributed by atoms with Crippen molar-refractivity contribution in [2.24, 2.45) is 0 Å². The van der Waals surface area contributed by atoms with Crippen LogP contribution in [0.15, 0.2) is 46.9 Å². The van der Waals surface area contributed by atoms with Gasteiger partial charge in [-0.2, -0.15) is 0 Å². The van der Waals surface area contributed by atoms with Gasteiger partial charge >= 0.3 is 0 Å². The van der Waals surface area contributed by atoms with E-state index in [0.29, 0.717) is 23.6 Å². The maximum atomic E-state index is 12.5. The second-order valence-corrected chi connectivity index (χ2v) is 6.65. The van der Waals surface area contributed by atoms with E-state index in [2.05, 4.69) is 28.2 Å². The number of hydrogen-bond acceptors (Lipinski definition) is 3. The zero-order valence-corrected chi connectivity index (χ0v) is 16.3. The number of methoxy groups -OCH3 is 1. The van der Waals surface area contributed by atoms with Crippen LogP contribution in [0, 0.1) is 0 Å². The predicted octanol–water partition coefficient (Wildman–Crippen LogP) is 5.67. The van der Waals surface area contributed by atoms with Crippen LogP contribution in [0.2, 0.25) is 0 Å². The highest BCUT2D eigenvalue weighted by Crippen LogP contribution is 2.25. The summed E-state index contributed by atoms with van der Waals surface area (Å²) in [5.41, 5.74) is 1.17. The molecule has 1 amide bonds. The van der Waals surface area contributed by atoms with E-state index in [-0.39, 0.29) is 5.91 Å². The van der Waals surface area contributed by atoms with Gasteiger partial charge in [0.1, 0.15) is 11.5 Å². The van der Waals surface area contributed by atoms with Crippen molar-refractivity contribution >= 4 is 27.5 Å². The molecule has 0 unspecified atom stereocenters. The highest BCUT2D eigenvalue weighted by atomic mass is 79.9. The van der Waals surface area contributed by atoms with Crippen LogP contribution in [0.1, 0.15) is 43.0 Å². The topological polar surface area (TPSA) is 47.6 Å². The Morgan fingerprint density at radius 1 is 1.12 bits per heavy atom. The van der Waals surface area contributed by atoms with Gasteiger partial charge < -0.3 is 14.8 Å². The second kappa shape index (κ2) is 10.1. The minimum Gasteiger partial charge on any atom is -0.496 e. The third-order valence-electron chi connectivity index (χ3n) is 3.76. The van der Waals surface area contributed by atoms with Gasteiger partial charge in [0.05, 0.1) is 19.3 Å². The molecule has 2 rings (SSSR count). The third-order valence-corrected chi connectivity index (χ3v) is 4.26. The van der Waals surface area contributed by atoms with Gasteiger partial charge in [-0.1, -0.05) is 48.2 Å². The Kier molecular flexibility index (Phi) is 7.79. The Labute approximate surface area is 157 Å². The van der Waals surface area contributed by atoms with E-state index in [1.165, 1.54) is 19.3 Å². The van der Waals surface area contributed by atoms with E-state index in [4.69, 9.17) is 9.47 Å². The van der Waals surface area contributed by atoms with Crippen molar-refractivity contribution in [2.45, 2.75) is 32.6 Å². The number of nitrogens with one attached hydrogen (secondary N) is 1. The Balaban J connectivity index is 1.99. The molecule has 25 heavy (non-hydrogen) atoms. The Morgan fingerprint density at radius 2 is 1.96 bits per heavy atom. The van der Waals surface area contributed by atoms with E-state index in [0.717, 1.165) is 16.6 Å². The molecule has 1 N–H and O–H groups in total. The Bertz CT molecular complexity index is 703. The van der Waals surface area contributed by atoms with Crippen LogP contribution in [0.5, 0.6) is 11.5 Å². The molecule has 0 spiro atoms. The van der Waals surface area contributed by atoms with Gasteiger partial charge in [-0.15, -0.1) is 0 Å². The number of unbranched alkanes of at least 4 members (excludes halogenated alkanes) is 3. The summed E-state index contributed by atoms with van der Waals surface area (Å²) in [7, 11) is 1.55. The van der Waals surface area contributed by atoms with E-state index in [1.807, 2.05) is 30.3 Å². The first-order valence-electron chi connectivity index (χ1n) is 8.51. The van der Waals surface area contributed by atoms with Gasteiger partial charge in [0.2, 0.25) is 0 Å².